The van der Waals surface area contributed by atoms with Crippen LogP contribution in [0.3, 0.4) is 0 Å². The smallest absolute Gasteiger partial charge is 0.315 e. The van der Waals surface area contributed by atoms with Crippen molar-refractivity contribution in [3.8, 4) is 22.5 Å². The van der Waals surface area contributed by atoms with E-state index in [1.807, 2.05) is 12.1 Å². The minimum atomic E-state index is -1.21. The van der Waals surface area contributed by atoms with Gasteiger partial charge in [0.2, 0.25) is 12.2 Å². The van der Waals surface area contributed by atoms with Gasteiger partial charge in [-0.05, 0) is 50.2 Å². The molecule has 10 heteroatoms. The number of carboxylic acid groups (broad SMARTS) is 1. The highest BCUT2D eigenvalue weighted by molar-refractivity contribution is 5.96. The minimum Gasteiger partial charge on any atom is -0.481 e. The Hall–Kier alpha value is -3.63. The fourth-order valence-corrected chi connectivity index (χ4v) is 3.40. The summed E-state index contributed by atoms with van der Waals surface area (Å²) in [5.41, 5.74) is 1.95. The van der Waals surface area contributed by atoms with Crippen LogP contribution in [-0.4, -0.2) is 50.7 Å². The van der Waals surface area contributed by atoms with Crippen LogP contribution in [0.2, 0.25) is 0 Å². The van der Waals surface area contributed by atoms with E-state index in [4.69, 9.17) is 14.6 Å². The topological polar surface area (TPSA) is 126 Å². The first-order valence-electron chi connectivity index (χ1n) is 10.3. The van der Waals surface area contributed by atoms with Crippen molar-refractivity contribution >= 4 is 11.9 Å². The zero-order chi connectivity index (χ0) is 23.6. The SMILES string of the molecule is CC(C(=O)O)C(=O)NC1(C)COC(c2nc(-c3ccc(F)cc3)c(-c3ccncc3)[nH]2)OC1. The summed E-state index contributed by atoms with van der Waals surface area (Å²) < 4.78 is 25.1. The number of aromatic amines is 1. The maximum atomic E-state index is 13.4. The van der Waals surface area contributed by atoms with Gasteiger partial charge >= 0.3 is 5.97 Å². The predicted octanol–water partition coefficient (Wildman–Crippen LogP) is 2.92. The van der Waals surface area contributed by atoms with E-state index < -0.39 is 29.6 Å². The number of carboxylic acids is 1. The number of rotatable bonds is 6. The lowest BCUT2D eigenvalue weighted by molar-refractivity contribution is -0.218. The van der Waals surface area contributed by atoms with Crippen LogP contribution >= 0.6 is 0 Å². The van der Waals surface area contributed by atoms with E-state index in [9.17, 15) is 14.0 Å². The highest BCUT2D eigenvalue weighted by atomic mass is 19.1. The Balaban J connectivity index is 1.56. The molecule has 9 nitrogen and oxygen atoms in total. The van der Waals surface area contributed by atoms with E-state index in [0.717, 1.165) is 5.56 Å². The van der Waals surface area contributed by atoms with Crippen LogP contribution in [-0.2, 0) is 19.1 Å². The summed E-state index contributed by atoms with van der Waals surface area (Å²) in [5, 5.41) is 11.7. The van der Waals surface area contributed by atoms with Gasteiger partial charge in [-0.3, -0.25) is 14.6 Å². The Labute approximate surface area is 189 Å². The average Bonchev–Trinajstić information content (AvgIpc) is 3.25. The second kappa shape index (κ2) is 9.08. The fraction of sp³-hybridized carbons (Fsp3) is 0.304. The normalized spacial score (nSPS) is 21.4. The lowest BCUT2D eigenvalue weighted by Gasteiger charge is -2.37. The van der Waals surface area contributed by atoms with Gasteiger partial charge in [-0.25, -0.2) is 9.37 Å². The van der Waals surface area contributed by atoms with Crippen LogP contribution in [0.25, 0.3) is 22.5 Å². The number of carbonyl (C=O) groups excluding carboxylic acids is 1. The quantitative estimate of drug-likeness (QED) is 0.489. The number of imidazole rings is 1. The maximum absolute atomic E-state index is 13.4. The third kappa shape index (κ3) is 4.91. The molecule has 1 aliphatic rings. The zero-order valence-electron chi connectivity index (χ0n) is 18.0. The number of aliphatic carboxylic acids is 1. The van der Waals surface area contributed by atoms with Crippen molar-refractivity contribution < 1.29 is 28.6 Å². The number of H-pyrrole nitrogens is 1. The zero-order valence-corrected chi connectivity index (χ0v) is 18.0. The Morgan fingerprint density at radius 1 is 1.15 bits per heavy atom. The van der Waals surface area contributed by atoms with Crippen LogP contribution in [0.4, 0.5) is 4.39 Å². The van der Waals surface area contributed by atoms with Gasteiger partial charge in [0.15, 0.2) is 5.82 Å². The lowest BCUT2D eigenvalue weighted by atomic mass is 10.0. The third-order valence-electron chi connectivity index (χ3n) is 5.33. The van der Waals surface area contributed by atoms with Crippen molar-refractivity contribution in [2.45, 2.75) is 25.7 Å². The number of benzene rings is 1. The molecule has 3 aromatic rings. The van der Waals surface area contributed by atoms with Gasteiger partial charge in [-0.1, -0.05) is 0 Å². The number of hydrogen-bond donors (Lipinski definition) is 3. The summed E-state index contributed by atoms with van der Waals surface area (Å²) >= 11 is 0. The number of carbonyl (C=O) groups is 2. The molecule has 0 bridgehead atoms. The molecular weight excluding hydrogens is 431 g/mol. The molecule has 33 heavy (non-hydrogen) atoms. The van der Waals surface area contributed by atoms with Crippen molar-refractivity contribution in [3.63, 3.8) is 0 Å². The molecule has 1 aliphatic heterocycles. The van der Waals surface area contributed by atoms with Crippen molar-refractivity contribution in [1.82, 2.24) is 20.3 Å². The Bertz CT molecular complexity index is 1140. The van der Waals surface area contributed by atoms with E-state index >= 15 is 0 Å². The molecule has 1 fully saturated rings. The Morgan fingerprint density at radius 2 is 1.79 bits per heavy atom. The third-order valence-corrected chi connectivity index (χ3v) is 5.33. The first-order chi connectivity index (χ1) is 15.8. The molecule has 0 spiro atoms. The molecule has 1 amide bonds. The van der Waals surface area contributed by atoms with Crippen molar-refractivity contribution in [2.75, 3.05) is 13.2 Å². The van der Waals surface area contributed by atoms with Gasteiger partial charge in [0.1, 0.15) is 11.7 Å². The second-order valence-electron chi connectivity index (χ2n) is 8.15. The highest BCUT2D eigenvalue weighted by Crippen LogP contribution is 2.34. The first-order valence-corrected chi connectivity index (χ1v) is 10.3. The molecule has 3 heterocycles. The van der Waals surface area contributed by atoms with Gasteiger partial charge in [0.25, 0.3) is 0 Å². The lowest BCUT2D eigenvalue weighted by Crippen LogP contribution is -2.57. The molecule has 3 N–H and O–H groups in total. The molecule has 1 aromatic carbocycles. The summed E-state index contributed by atoms with van der Waals surface area (Å²) in [4.78, 5) is 35.1. The first kappa shape index (κ1) is 22.6. The number of nitrogens with zero attached hydrogens (tertiary/aromatic N) is 2. The summed E-state index contributed by atoms with van der Waals surface area (Å²) in [6.07, 6.45) is 2.48. The number of hydrogen-bond acceptors (Lipinski definition) is 6. The maximum Gasteiger partial charge on any atom is 0.315 e. The number of aromatic nitrogens is 3. The summed E-state index contributed by atoms with van der Waals surface area (Å²) in [6, 6.07) is 9.64. The van der Waals surface area contributed by atoms with E-state index in [2.05, 4.69) is 20.3 Å². The van der Waals surface area contributed by atoms with Crippen molar-refractivity contribution in [3.05, 3.63) is 60.4 Å². The van der Waals surface area contributed by atoms with E-state index in [1.54, 1.807) is 31.5 Å². The highest BCUT2D eigenvalue weighted by Gasteiger charge is 2.38. The van der Waals surface area contributed by atoms with Crippen LogP contribution in [0, 0.1) is 11.7 Å². The van der Waals surface area contributed by atoms with E-state index in [0.29, 0.717) is 22.8 Å². The molecular formula is C23H23FN4O5. The van der Waals surface area contributed by atoms with Gasteiger partial charge < -0.3 is 24.9 Å². The molecule has 1 atom stereocenters. The molecule has 1 saturated heterocycles. The second-order valence-corrected chi connectivity index (χ2v) is 8.15. The number of amides is 1. The van der Waals surface area contributed by atoms with E-state index in [1.165, 1.54) is 19.1 Å². The number of pyridine rings is 1. The van der Waals surface area contributed by atoms with Crippen LogP contribution in [0.5, 0.6) is 0 Å². The minimum absolute atomic E-state index is 0.0902. The molecule has 0 saturated carbocycles. The van der Waals surface area contributed by atoms with Crippen LogP contribution < -0.4 is 5.32 Å². The number of halogens is 1. The van der Waals surface area contributed by atoms with Gasteiger partial charge in [0, 0.05) is 23.5 Å². The summed E-state index contributed by atoms with van der Waals surface area (Å²) in [5.74, 6) is -2.96. The summed E-state index contributed by atoms with van der Waals surface area (Å²) in [6.45, 7) is 3.21. The van der Waals surface area contributed by atoms with Crippen molar-refractivity contribution in [1.29, 1.82) is 0 Å². The van der Waals surface area contributed by atoms with Gasteiger partial charge in [-0.2, -0.15) is 0 Å². The van der Waals surface area contributed by atoms with E-state index in [-0.39, 0.29) is 19.0 Å². The van der Waals surface area contributed by atoms with Crippen LogP contribution in [0.15, 0.2) is 48.8 Å². The number of nitrogens with one attached hydrogen (secondary N) is 2. The Kier molecular flexibility index (Phi) is 6.21. The average molecular weight is 454 g/mol. The molecule has 4 rings (SSSR count). The van der Waals surface area contributed by atoms with Gasteiger partial charge in [0.05, 0.1) is 30.1 Å². The van der Waals surface area contributed by atoms with Gasteiger partial charge in [-0.15, -0.1) is 0 Å². The molecule has 0 aliphatic carbocycles. The molecule has 0 radical (unpaired) electrons. The Morgan fingerprint density at radius 3 is 2.39 bits per heavy atom. The van der Waals surface area contributed by atoms with Crippen molar-refractivity contribution in [2.24, 2.45) is 5.92 Å². The summed E-state index contributed by atoms with van der Waals surface area (Å²) in [7, 11) is 0. The molecule has 172 valence electrons. The standard InChI is InChI=1S/C23H23FN4O5/c1-13(21(30)31)20(29)28-23(2)11-32-22(33-12-23)19-26-17(14-3-5-16(24)6-4-14)18(27-19)15-7-9-25-10-8-15/h3-10,13,22H,11-12H2,1-2H3,(H,26,27)(H,28,29)(H,30,31). The fourth-order valence-electron chi connectivity index (χ4n) is 3.40. The largest absolute Gasteiger partial charge is 0.481 e. The van der Waals surface area contributed by atoms with Crippen LogP contribution in [0.1, 0.15) is 26.0 Å². The monoisotopic (exact) mass is 454 g/mol. The predicted molar refractivity (Wildman–Crippen MR) is 115 cm³/mol. The number of ether oxygens (including phenoxy) is 2. The molecule has 2 aromatic heterocycles. The molecule has 1 unspecified atom stereocenters.